The number of benzene rings is 2. The molecule has 2 N–H and O–H groups in total. The second-order valence-electron chi connectivity index (χ2n) is 6.85. The SMILES string of the molecule is Cc1cc(C(F)(F)C(F)(F)F)ccc1NC(=O)c1cccc(Cl)c1C(=S)NC(C)C. The van der Waals surface area contributed by atoms with Gasteiger partial charge < -0.3 is 10.6 Å². The third-order valence-electron chi connectivity index (χ3n) is 4.10. The number of halogens is 6. The number of carbonyl (C=O) groups is 1. The van der Waals surface area contributed by atoms with Gasteiger partial charge in [0.05, 0.1) is 10.6 Å². The number of hydrogen-bond donors (Lipinski definition) is 2. The van der Waals surface area contributed by atoms with Crippen molar-refractivity contribution in [2.75, 3.05) is 5.32 Å². The van der Waals surface area contributed by atoms with Gasteiger partial charge in [-0.25, -0.2) is 0 Å². The topological polar surface area (TPSA) is 41.1 Å². The van der Waals surface area contributed by atoms with Crippen molar-refractivity contribution in [3.8, 4) is 0 Å². The molecule has 30 heavy (non-hydrogen) atoms. The summed E-state index contributed by atoms with van der Waals surface area (Å²) in [7, 11) is 0. The smallest absolute Gasteiger partial charge is 0.374 e. The van der Waals surface area contributed by atoms with Gasteiger partial charge in [-0.05, 0) is 50.6 Å². The van der Waals surface area contributed by atoms with Crippen LogP contribution in [-0.2, 0) is 5.92 Å². The second-order valence-corrected chi connectivity index (χ2v) is 7.66. The van der Waals surface area contributed by atoms with E-state index in [9.17, 15) is 26.7 Å². The van der Waals surface area contributed by atoms with Crippen molar-refractivity contribution in [1.82, 2.24) is 5.32 Å². The number of alkyl halides is 5. The zero-order valence-electron chi connectivity index (χ0n) is 16.1. The third kappa shape index (κ3) is 5.07. The molecule has 0 bridgehead atoms. The lowest BCUT2D eigenvalue weighted by molar-refractivity contribution is -0.289. The Morgan fingerprint density at radius 3 is 2.27 bits per heavy atom. The van der Waals surface area contributed by atoms with E-state index in [0.29, 0.717) is 17.7 Å². The number of amides is 1. The highest BCUT2D eigenvalue weighted by Gasteiger charge is 2.58. The molecule has 0 radical (unpaired) electrons. The highest BCUT2D eigenvalue weighted by atomic mass is 35.5. The molecular weight excluding hydrogens is 447 g/mol. The molecule has 10 heteroatoms. The lowest BCUT2D eigenvalue weighted by atomic mass is 10.0. The normalized spacial score (nSPS) is 12.1. The molecule has 0 heterocycles. The number of rotatable bonds is 5. The van der Waals surface area contributed by atoms with E-state index in [1.165, 1.54) is 13.0 Å². The highest BCUT2D eigenvalue weighted by molar-refractivity contribution is 7.80. The number of hydrogen-bond acceptors (Lipinski definition) is 2. The van der Waals surface area contributed by atoms with Crippen molar-refractivity contribution in [3.05, 3.63) is 63.7 Å². The summed E-state index contributed by atoms with van der Waals surface area (Å²) in [4.78, 5) is 13.0. The largest absolute Gasteiger partial charge is 0.458 e. The maximum absolute atomic E-state index is 13.5. The summed E-state index contributed by atoms with van der Waals surface area (Å²) in [6.45, 7) is 5.02. The number of thiocarbonyl (C=S) groups is 1. The minimum Gasteiger partial charge on any atom is -0.374 e. The molecule has 0 aliphatic carbocycles. The van der Waals surface area contributed by atoms with Crippen molar-refractivity contribution in [1.29, 1.82) is 0 Å². The van der Waals surface area contributed by atoms with Crippen LogP contribution in [0.2, 0.25) is 5.02 Å². The predicted octanol–water partition coefficient (Wildman–Crippen LogP) is 6.23. The first-order chi connectivity index (χ1) is 13.8. The Kier molecular flexibility index (Phi) is 7.08. The zero-order valence-corrected chi connectivity index (χ0v) is 17.7. The Morgan fingerprint density at radius 2 is 1.73 bits per heavy atom. The molecule has 0 saturated carbocycles. The van der Waals surface area contributed by atoms with Crippen molar-refractivity contribution in [2.24, 2.45) is 0 Å². The summed E-state index contributed by atoms with van der Waals surface area (Å²) in [6.07, 6.45) is -5.72. The standard InChI is InChI=1S/C20H18ClF5N2OS/c1-10(2)27-18(30)16-13(5-4-6-14(16)21)17(29)28-15-8-7-12(9-11(15)3)19(22,23)20(24,25)26/h4-10H,1-3H3,(H,27,30)(H,28,29). The van der Waals surface area contributed by atoms with Gasteiger partial charge in [0.25, 0.3) is 5.91 Å². The molecule has 0 aliphatic heterocycles. The molecule has 0 aliphatic rings. The van der Waals surface area contributed by atoms with Gasteiger partial charge in [-0.2, -0.15) is 22.0 Å². The van der Waals surface area contributed by atoms with Crippen molar-refractivity contribution >= 4 is 40.4 Å². The van der Waals surface area contributed by atoms with E-state index in [2.05, 4.69) is 10.6 Å². The third-order valence-corrected chi connectivity index (χ3v) is 4.74. The highest BCUT2D eigenvalue weighted by Crippen LogP contribution is 2.44. The van der Waals surface area contributed by atoms with E-state index < -0.39 is 23.6 Å². The first kappa shape index (κ1) is 24.0. The molecule has 2 aromatic rings. The van der Waals surface area contributed by atoms with Crippen LogP contribution in [-0.4, -0.2) is 23.1 Å². The summed E-state index contributed by atoms with van der Waals surface area (Å²) >= 11 is 11.5. The minimum atomic E-state index is -5.72. The second kappa shape index (κ2) is 8.85. The van der Waals surface area contributed by atoms with Crippen LogP contribution in [0.4, 0.5) is 27.6 Å². The lowest BCUT2D eigenvalue weighted by Gasteiger charge is -2.21. The summed E-state index contributed by atoms with van der Waals surface area (Å²) in [5, 5.41) is 5.73. The van der Waals surface area contributed by atoms with E-state index in [1.54, 1.807) is 12.1 Å². The molecule has 0 atom stereocenters. The fraction of sp³-hybridized carbons (Fsp3) is 0.300. The number of anilines is 1. The van der Waals surface area contributed by atoms with Crippen molar-refractivity contribution in [3.63, 3.8) is 0 Å². The molecule has 0 aromatic heterocycles. The lowest BCUT2D eigenvalue weighted by Crippen LogP contribution is -2.33. The van der Waals surface area contributed by atoms with Gasteiger partial charge in [-0.3, -0.25) is 4.79 Å². The van der Waals surface area contributed by atoms with Crippen LogP contribution in [0.3, 0.4) is 0 Å². The Morgan fingerprint density at radius 1 is 1.10 bits per heavy atom. The van der Waals surface area contributed by atoms with E-state index in [0.717, 1.165) is 6.07 Å². The number of carbonyl (C=O) groups excluding carboxylic acids is 1. The van der Waals surface area contributed by atoms with E-state index >= 15 is 0 Å². The van der Waals surface area contributed by atoms with Crippen LogP contribution in [0.25, 0.3) is 0 Å². The maximum atomic E-state index is 13.5. The summed E-state index contributed by atoms with van der Waals surface area (Å²) in [6, 6.07) is 6.87. The fourth-order valence-electron chi connectivity index (χ4n) is 2.63. The van der Waals surface area contributed by atoms with Gasteiger partial charge >= 0.3 is 12.1 Å². The first-order valence-electron chi connectivity index (χ1n) is 8.72. The van der Waals surface area contributed by atoms with Crippen LogP contribution < -0.4 is 10.6 Å². The van der Waals surface area contributed by atoms with Crippen LogP contribution in [0.15, 0.2) is 36.4 Å². The Hall–Kier alpha value is -2.26. The first-order valence-corrected chi connectivity index (χ1v) is 9.50. The van der Waals surface area contributed by atoms with Crippen LogP contribution >= 0.6 is 23.8 Å². The number of aryl methyl sites for hydroxylation is 1. The average molecular weight is 465 g/mol. The summed E-state index contributed by atoms with van der Waals surface area (Å²) in [5.41, 5.74) is -0.675. The molecule has 3 nitrogen and oxygen atoms in total. The molecule has 0 fully saturated rings. The zero-order chi connectivity index (χ0) is 22.9. The molecule has 1 amide bonds. The van der Waals surface area contributed by atoms with Gasteiger partial charge in [0, 0.05) is 22.9 Å². The monoisotopic (exact) mass is 464 g/mol. The number of nitrogens with one attached hydrogen (secondary N) is 2. The van der Waals surface area contributed by atoms with E-state index in [4.69, 9.17) is 23.8 Å². The minimum absolute atomic E-state index is 0.0187. The molecule has 2 rings (SSSR count). The predicted molar refractivity (Wildman–Crippen MR) is 111 cm³/mol. The molecular formula is C20H18ClF5N2OS. The Balaban J connectivity index is 2.36. The Bertz CT molecular complexity index is 976. The molecule has 0 spiro atoms. The molecule has 0 unspecified atom stereocenters. The molecule has 0 saturated heterocycles. The van der Waals surface area contributed by atoms with Gasteiger partial charge in [0.15, 0.2) is 0 Å². The van der Waals surface area contributed by atoms with Crippen LogP contribution in [0.1, 0.15) is 40.9 Å². The van der Waals surface area contributed by atoms with Crippen LogP contribution in [0.5, 0.6) is 0 Å². The van der Waals surface area contributed by atoms with Crippen LogP contribution in [0, 0.1) is 6.92 Å². The van der Waals surface area contributed by atoms with Gasteiger partial charge in [-0.1, -0.05) is 36.0 Å². The van der Waals surface area contributed by atoms with E-state index in [-0.39, 0.29) is 32.9 Å². The van der Waals surface area contributed by atoms with Crippen molar-refractivity contribution < 1.29 is 26.7 Å². The molecule has 2 aromatic carbocycles. The maximum Gasteiger partial charge on any atom is 0.458 e. The summed E-state index contributed by atoms with van der Waals surface area (Å²) in [5.74, 6) is -5.64. The molecule has 162 valence electrons. The van der Waals surface area contributed by atoms with Gasteiger partial charge in [0.2, 0.25) is 0 Å². The van der Waals surface area contributed by atoms with Gasteiger partial charge in [-0.15, -0.1) is 0 Å². The quantitative estimate of drug-likeness (QED) is 0.407. The fourth-order valence-corrected chi connectivity index (χ4v) is 3.41. The van der Waals surface area contributed by atoms with Gasteiger partial charge in [0.1, 0.15) is 4.99 Å². The summed E-state index contributed by atoms with van der Waals surface area (Å²) < 4.78 is 64.8. The average Bonchev–Trinajstić information content (AvgIpc) is 2.61. The van der Waals surface area contributed by atoms with E-state index in [1.807, 2.05) is 13.8 Å². The Labute approximate surface area is 180 Å². The van der Waals surface area contributed by atoms with Crippen molar-refractivity contribution in [2.45, 2.75) is 38.9 Å².